The van der Waals surface area contributed by atoms with E-state index >= 15 is 0 Å². The first-order valence-corrected chi connectivity index (χ1v) is 8.46. The zero-order valence-electron chi connectivity index (χ0n) is 12.2. The van der Waals surface area contributed by atoms with Gasteiger partial charge in [-0.2, -0.15) is 8.42 Å². The number of aryl methyl sites for hydroxylation is 2. The second-order valence-electron chi connectivity index (χ2n) is 4.70. The molecule has 0 N–H and O–H groups in total. The van der Waals surface area contributed by atoms with Gasteiger partial charge >= 0.3 is 10.1 Å². The molecule has 2 aromatic carbocycles. The monoisotopic (exact) mass is 360 g/mol. The van der Waals surface area contributed by atoms with E-state index in [9.17, 15) is 8.42 Å². The largest absolute Gasteiger partial charge is 0.494 e. The normalized spacial score (nSPS) is 11.3. The van der Waals surface area contributed by atoms with Crippen LogP contribution < -0.4 is 8.92 Å². The van der Waals surface area contributed by atoms with Gasteiger partial charge in [-0.3, -0.25) is 0 Å². The number of hydrogen-bond acceptors (Lipinski definition) is 4. The maximum Gasteiger partial charge on any atom is 0.343 e. The molecular formula is C15H14Cl2O4S. The van der Waals surface area contributed by atoms with E-state index in [4.69, 9.17) is 32.1 Å². The Morgan fingerprint density at radius 1 is 1.05 bits per heavy atom. The number of hydrogen-bond donors (Lipinski definition) is 0. The molecule has 0 saturated heterocycles. The van der Waals surface area contributed by atoms with Crippen molar-refractivity contribution in [3.63, 3.8) is 0 Å². The molecule has 7 heteroatoms. The minimum atomic E-state index is -4.10. The van der Waals surface area contributed by atoms with Crippen molar-refractivity contribution in [2.75, 3.05) is 7.11 Å². The van der Waals surface area contributed by atoms with E-state index in [0.29, 0.717) is 5.56 Å². The van der Waals surface area contributed by atoms with Crippen molar-refractivity contribution in [3.05, 3.63) is 51.5 Å². The number of methoxy groups -OCH3 is 1. The molecule has 0 spiro atoms. The summed E-state index contributed by atoms with van der Waals surface area (Å²) in [6.07, 6.45) is 0. The summed E-state index contributed by atoms with van der Waals surface area (Å²) >= 11 is 11.9. The lowest BCUT2D eigenvalue weighted by Crippen LogP contribution is -2.12. The van der Waals surface area contributed by atoms with Crippen LogP contribution in [0.5, 0.6) is 11.5 Å². The zero-order chi connectivity index (χ0) is 16.5. The average molecular weight is 361 g/mol. The molecule has 4 nitrogen and oxygen atoms in total. The number of benzene rings is 2. The average Bonchev–Trinajstić information content (AvgIpc) is 2.45. The quantitative estimate of drug-likeness (QED) is 0.758. The lowest BCUT2D eigenvalue weighted by molar-refractivity contribution is 0.398. The summed E-state index contributed by atoms with van der Waals surface area (Å²) in [5.74, 6) is 0.215. The summed E-state index contributed by atoms with van der Waals surface area (Å²) in [7, 11) is -2.79. The highest BCUT2D eigenvalue weighted by Crippen LogP contribution is 2.38. The van der Waals surface area contributed by atoms with Crippen molar-refractivity contribution in [2.24, 2.45) is 0 Å². The molecule has 0 aliphatic rings. The second kappa shape index (κ2) is 6.36. The van der Waals surface area contributed by atoms with Gasteiger partial charge in [0.15, 0.2) is 5.75 Å². The van der Waals surface area contributed by atoms with Crippen LogP contribution in [-0.2, 0) is 10.1 Å². The van der Waals surface area contributed by atoms with Gasteiger partial charge in [-0.1, -0.05) is 35.3 Å². The van der Waals surface area contributed by atoms with Crippen LogP contribution >= 0.6 is 23.2 Å². The molecule has 118 valence electrons. The van der Waals surface area contributed by atoms with Gasteiger partial charge < -0.3 is 8.92 Å². The van der Waals surface area contributed by atoms with Crippen molar-refractivity contribution in [3.8, 4) is 11.5 Å². The van der Waals surface area contributed by atoms with Crippen LogP contribution in [-0.4, -0.2) is 15.5 Å². The van der Waals surface area contributed by atoms with Crippen LogP contribution in [0.1, 0.15) is 11.1 Å². The van der Waals surface area contributed by atoms with E-state index < -0.39 is 10.1 Å². The van der Waals surface area contributed by atoms with E-state index in [1.165, 1.54) is 19.2 Å². The molecule has 0 aromatic heterocycles. The van der Waals surface area contributed by atoms with Crippen LogP contribution in [0.4, 0.5) is 0 Å². The van der Waals surface area contributed by atoms with Gasteiger partial charge in [0, 0.05) is 0 Å². The molecule has 0 fully saturated rings. The molecular weight excluding hydrogens is 347 g/mol. The standard InChI is InChI=1S/C15H14Cl2O4S/c1-9-4-5-10(2)12(8-9)21-22(18,19)13-7-6-11(16)14(17)15(13)20-3/h4-8H,1-3H3. The smallest absolute Gasteiger partial charge is 0.343 e. The summed E-state index contributed by atoms with van der Waals surface area (Å²) in [6, 6.07) is 7.98. The van der Waals surface area contributed by atoms with Gasteiger partial charge in [0.2, 0.25) is 0 Å². The zero-order valence-corrected chi connectivity index (χ0v) is 14.5. The van der Waals surface area contributed by atoms with Gasteiger partial charge in [-0.15, -0.1) is 0 Å². The highest BCUT2D eigenvalue weighted by Gasteiger charge is 2.25. The summed E-state index contributed by atoms with van der Waals surface area (Å²) < 4.78 is 35.3. The fourth-order valence-corrected chi connectivity index (χ4v) is 3.46. The van der Waals surface area contributed by atoms with E-state index in [-0.39, 0.29) is 26.4 Å². The first kappa shape index (κ1) is 16.9. The second-order valence-corrected chi connectivity index (χ2v) is 7.00. The summed E-state index contributed by atoms with van der Waals surface area (Å²) in [6.45, 7) is 3.61. The highest BCUT2D eigenvalue weighted by molar-refractivity contribution is 7.87. The number of rotatable bonds is 4. The minimum Gasteiger partial charge on any atom is -0.494 e. The van der Waals surface area contributed by atoms with Crippen molar-refractivity contribution in [1.29, 1.82) is 0 Å². The Labute approximate surface area is 139 Å². The molecule has 0 saturated carbocycles. The lowest BCUT2D eigenvalue weighted by Gasteiger charge is -2.14. The fourth-order valence-electron chi connectivity index (χ4n) is 1.86. The van der Waals surface area contributed by atoms with E-state index in [1.54, 1.807) is 19.1 Å². The van der Waals surface area contributed by atoms with Gasteiger partial charge in [-0.25, -0.2) is 0 Å². The van der Waals surface area contributed by atoms with Gasteiger partial charge in [-0.05, 0) is 43.2 Å². The van der Waals surface area contributed by atoms with E-state index in [2.05, 4.69) is 0 Å². The highest BCUT2D eigenvalue weighted by atomic mass is 35.5. The van der Waals surface area contributed by atoms with Crippen LogP contribution in [0.3, 0.4) is 0 Å². The lowest BCUT2D eigenvalue weighted by atomic mass is 10.1. The van der Waals surface area contributed by atoms with Crippen molar-refractivity contribution < 1.29 is 17.3 Å². The third-order valence-electron chi connectivity index (χ3n) is 3.03. The van der Waals surface area contributed by atoms with Crippen molar-refractivity contribution in [1.82, 2.24) is 0 Å². The molecule has 0 unspecified atom stereocenters. The topological polar surface area (TPSA) is 52.6 Å². The molecule has 2 rings (SSSR count). The Bertz CT molecular complexity index is 817. The SMILES string of the molecule is COc1c(S(=O)(=O)Oc2cc(C)ccc2C)ccc(Cl)c1Cl. The minimum absolute atomic E-state index is 0.0230. The number of ether oxygens (including phenoxy) is 1. The Hall–Kier alpha value is -1.43. The molecule has 22 heavy (non-hydrogen) atoms. The molecule has 0 bridgehead atoms. The summed E-state index contributed by atoms with van der Waals surface area (Å²) in [5.41, 5.74) is 1.59. The predicted octanol–water partition coefficient (Wildman–Crippen LogP) is 4.39. The van der Waals surface area contributed by atoms with Crippen LogP contribution in [0.25, 0.3) is 0 Å². The van der Waals surface area contributed by atoms with E-state index in [1.807, 2.05) is 13.0 Å². The summed E-state index contributed by atoms with van der Waals surface area (Å²) in [5, 5.41) is 0.221. The Balaban J connectivity index is 2.52. The van der Waals surface area contributed by atoms with Crippen LogP contribution in [0.15, 0.2) is 35.2 Å². The summed E-state index contributed by atoms with van der Waals surface area (Å²) in [4.78, 5) is -0.176. The molecule has 0 heterocycles. The van der Waals surface area contributed by atoms with Crippen molar-refractivity contribution in [2.45, 2.75) is 18.7 Å². The van der Waals surface area contributed by atoms with Gasteiger partial charge in [0.1, 0.15) is 15.7 Å². The number of halogens is 2. The maximum absolute atomic E-state index is 12.5. The third-order valence-corrected chi connectivity index (χ3v) is 5.08. The Morgan fingerprint density at radius 3 is 2.36 bits per heavy atom. The molecule has 0 amide bonds. The Morgan fingerprint density at radius 2 is 1.73 bits per heavy atom. The molecule has 2 aromatic rings. The van der Waals surface area contributed by atoms with Crippen molar-refractivity contribution >= 4 is 33.3 Å². The van der Waals surface area contributed by atoms with Crippen LogP contribution in [0.2, 0.25) is 10.0 Å². The molecule has 0 aliphatic carbocycles. The van der Waals surface area contributed by atoms with Crippen LogP contribution in [0, 0.1) is 13.8 Å². The fraction of sp³-hybridized carbons (Fsp3) is 0.200. The van der Waals surface area contributed by atoms with Gasteiger partial charge in [0.25, 0.3) is 0 Å². The molecule has 0 atom stereocenters. The molecule has 0 aliphatic heterocycles. The van der Waals surface area contributed by atoms with E-state index in [0.717, 1.165) is 5.56 Å². The first-order valence-electron chi connectivity index (χ1n) is 6.30. The maximum atomic E-state index is 12.5. The first-order chi connectivity index (χ1) is 10.3. The Kier molecular flexibility index (Phi) is 4.90. The van der Waals surface area contributed by atoms with Gasteiger partial charge in [0.05, 0.1) is 12.1 Å². The predicted molar refractivity (Wildman–Crippen MR) is 86.7 cm³/mol. The third kappa shape index (κ3) is 3.32. The molecule has 0 radical (unpaired) electrons.